The number of rotatable bonds is 8. The van der Waals surface area contributed by atoms with E-state index in [1.807, 2.05) is 56.3 Å². The van der Waals surface area contributed by atoms with Gasteiger partial charge in [0.1, 0.15) is 23.9 Å². The first-order valence-electron chi connectivity index (χ1n) is 8.07. The van der Waals surface area contributed by atoms with Crippen molar-refractivity contribution in [1.29, 1.82) is 0 Å². The Morgan fingerprint density at radius 3 is 2.40 bits per heavy atom. The molecule has 0 spiro atoms. The van der Waals surface area contributed by atoms with Crippen molar-refractivity contribution in [2.24, 2.45) is 0 Å². The molecule has 0 unspecified atom stereocenters. The molecule has 0 saturated carbocycles. The van der Waals surface area contributed by atoms with Crippen LogP contribution in [0, 0.1) is 13.8 Å². The molecule has 134 valence electrons. The second-order valence-corrected chi connectivity index (χ2v) is 5.44. The first kappa shape index (κ1) is 18.4. The van der Waals surface area contributed by atoms with Crippen molar-refractivity contribution in [3.05, 3.63) is 53.6 Å². The maximum absolute atomic E-state index is 11.7. The highest BCUT2D eigenvalue weighted by Gasteiger charge is 2.03. The largest absolute Gasteiger partial charge is 0.497 e. The zero-order valence-electron chi connectivity index (χ0n) is 14.8. The summed E-state index contributed by atoms with van der Waals surface area (Å²) in [5.41, 5.74) is 2.22. The fourth-order valence-corrected chi connectivity index (χ4v) is 2.13. The molecule has 0 bridgehead atoms. The molecule has 0 aromatic heterocycles. The van der Waals surface area contributed by atoms with Crippen LogP contribution in [0.1, 0.15) is 11.1 Å². The molecule has 2 amide bonds. The molecule has 0 aliphatic heterocycles. The third-order valence-electron chi connectivity index (χ3n) is 3.73. The van der Waals surface area contributed by atoms with Gasteiger partial charge in [-0.05, 0) is 55.3 Å². The second-order valence-electron chi connectivity index (χ2n) is 5.44. The maximum Gasteiger partial charge on any atom is 0.317 e. The third kappa shape index (κ3) is 5.91. The van der Waals surface area contributed by atoms with Gasteiger partial charge in [0.25, 0.3) is 0 Å². The van der Waals surface area contributed by atoms with Crippen LogP contribution in [-0.2, 0) is 0 Å². The Bertz CT molecular complexity index is 686. The van der Waals surface area contributed by atoms with Gasteiger partial charge in [-0.15, -0.1) is 0 Å². The van der Waals surface area contributed by atoms with Crippen molar-refractivity contribution in [3.8, 4) is 17.2 Å². The Morgan fingerprint density at radius 1 is 0.960 bits per heavy atom. The number of methoxy groups -OCH3 is 1. The van der Waals surface area contributed by atoms with Crippen LogP contribution in [0.5, 0.6) is 17.2 Å². The first-order chi connectivity index (χ1) is 12.1. The Kier molecular flexibility index (Phi) is 6.95. The van der Waals surface area contributed by atoms with Crippen molar-refractivity contribution in [2.45, 2.75) is 13.8 Å². The SMILES string of the molecule is COc1ccc(OCCNC(=O)NCOc2cccc(C)c2C)cc1. The van der Waals surface area contributed by atoms with Crippen LogP contribution in [-0.4, -0.2) is 33.0 Å². The molecule has 0 fully saturated rings. The van der Waals surface area contributed by atoms with Crippen molar-refractivity contribution in [3.63, 3.8) is 0 Å². The molecule has 6 heteroatoms. The van der Waals surface area contributed by atoms with Crippen molar-refractivity contribution in [1.82, 2.24) is 10.6 Å². The van der Waals surface area contributed by atoms with Crippen LogP contribution in [0.15, 0.2) is 42.5 Å². The van der Waals surface area contributed by atoms with Gasteiger partial charge in [-0.3, -0.25) is 0 Å². The van der Waals surface area contributed by atoms with Crippen LogP contribution in [0.25, 0.3) is 0 Å². The van der Waals surface area contributed by atoms with Gasteiger partial charge in [0.15, 0.2) is 6.73 Å². The molecule has 0 radical (unpaired) electrons. The van der Waals surface area contributed by atoms with E-state index < -0.39 is 0 Å². The van der Waals surface area contributed by atoms with Crippen molar-refractivity contribution < 1.29 is 19.0 Å². The van der Waals surface area contributed by atoms with E-state index >= 15 is 0 Å². The molecular weight excluding hydrogens is 320 g/mol. The highest BCUT2D eigenvalue weighted by Crippen LogP contribution is 2.20. The number of hydrogen-bond acceptors (Lipinski definition) is 4. The van der Waals surface area contributed by atoms with Crippen LogP contribution in [0.4, 0.5) is 4.79 Å². The number of aryl methyl sites for hydroxylation is 1. The van der Waals surface area contributed by atoms with E-state index in [-0.39, 0.29) is 12.8 Å². The van der Waals surface area contributed by atoms with E-state index in [2.05, 4.69) is 10.6 Å². The summed E-state index contributed by atoms with van der Waals surface area (Å²) in [6.45, 7) is 4.88. The first-order valence-corrected chi connectivity index (χ1v) is 8.07. The lowest BCUT2D eigenvalue weighted by molar-refractivity contribution is 0.220. The van der Waals surface area contributed by atoms with Crippen molar-refractivity contribution in [2.75, 3.05) is 27.0 Å². The number of carbonyl (C=O) groups excluding carboxylic acids is 1. The van der Waals surface area contributed by atoms with Gasteiger partial charge in [-0.2, -0.15) is 0 Å². The topological polar surface area (TPSA) is 68.8 Å². The lowest BCUT2D eigenvalue weighted by Gasteiger charge is -2.12. The number of benzene rings is 2. The van der Waals surface area contributed by atoms with E-state index in [0.717, 1.165) is 28.4 Å². The standard InChI is InChI=1S/C19H24N2O4/c1-14-5-4-6-18(15(14)2)25-13-21-19(22)20-11-12-24-17-9-7-16(23-3)8-10-17/h4-10H,11-13H2,1-3H3,(H2,20,21,22). The molecule has 2 aromatic rings. The summed E-state index contributed by atoms with van der Waals surface area (Å²) in [5, 5.41) is 5.36. The van der Waals surface area contributed by atoms with E-state index in [1.54, 1.807) is 7.11 Å². The lowest BCUT2D eigenvalue weighted by Crippen LogP contribution is -2.39. The van der Waals surface area contributed by atoms with Gasteiger partial charge < -0.3 is 24.8 Å². The highest BCUT2D eigenvalue weighted by molar-refractivity contribution is 5.73. The summed E-state index contributed by atoms with van der Waals surface area (Å²) in [5.74, 6) is 2.26. The Hall–Kier alpha value is -2.89. The van der Waals surface area contributed by atoms with Gasteiger partial charge in [-0.1, -0.05) is 12.1 Å². The van der Waals surface area contributed by atoms with Crippen LogP contribution in [0.3, 0.4) is 0 Å². The number of urea groups is 1. The molecule has 2 aromatic carbocycles. The van der Waals surface area contributed by atoms with Crippen LogP contribution in [0.2, 0.25) is 0 Å². The summed E-state index contributed by atoms with van der Waals surface area (Å²) in [6, 6.07) is 12.8. The number of carbonyl (C=O) groups is 1. The zero-order valence-corrected chi connectivity index (χ0v) is 14.8. The van der Waals surface area contributed by atoms with E-state index in [1.165, 1.54) is 0 Å². The Balaban J connectivity index is 1.61. The molecule has 0 atom stereocenters. The minimum atomic E-state index is -0.302. The zero-order chi connectivity index (χ0) is 18.1. The predicted octanol–water partition coefficient (Wildman–Crippen LogP) is 3.03. The monoisotopic (exact) mass is 344 g/mol. The Morgan fingerprint density at radius 2 is 1.68 bits per heavy atom. The summed E-state index contributed by atoms with van der Waals surface area (Å²) >= 11 is 0. The van der Waals surface area contributed by atoms with E-state index in [0.29, 0.717) is 13.2 Å². The lowest BCUT2D eigenvalue weighted by atomic mass is 10.1. The number of amides is 2. The summed E-state index contributed by atoms with van der Waals surface area (Å²) in [4.78, 5) is 11.7. The third-order valence-corrected chi connectivity index (χ3v) is 3.73. The van der Waals surface area contributed by atoms with Gasteiger partial charge in [0, 0.05) is 0 Å². The smallest absolute Gasteiger partial charge is 0.317 e. The molecule has 0 heterocycles. The van der Waals surface area contributed by atoms with Gasteiger partial charge in [0.2, 0.25) is 0 Å². The second kappa shape index (κ2) is 9.42. The van der Waals surface area contributed by atoms with Gasteiger partial charge in [0.05, 0.1) is 13.7 Å². The minimum Gasteiger partial charge on any atom is -0.497 e. The van der Waals surface area contributed by atoms with E-state index in [9.17, 15) is 4.79 Å². The molecule has 0 aliphatic carbocycles. The molecule has 0 aliphatic rings. The molecule has 0 saturated heterocycles. The fraction of sp³-hybridized carbons (Fsp3) is 0.316. The summed E-state index contributed by atoms with van der Waals surface area (Å²) in [6.07, 6.45) is 0. The summed E-state index contributed by atoms with van der Waals surface area (Å²) < 4.78 is 16.2. The molecule has 2 rings (SSSR count). The predicted molar refractivity (Wildman–Crippen MR) is 96.4 cm³/mol. The average molecular weight is 344 g/mol. The maximum atomic E-state index is 11.7. The van der Waals surface area contributed by atoms with E-state index in [4.69, 9.17) is 14.2 Å². The summed E-state index contributed by atoms with van der Waals surface area (Å²) in [7, 11) is 1.61. The fourth-order valence-electron chi connectivity index (χ4n) is 2.13. The minimum absolute atomic E-state index is 0.107. The quantitative estimate of drug-likeness (QED) is 0.570. The Labute approximate surface area is 148 Å². The molecular formula is C19H24N2O4. The highest BCUT2D eigenvalue weighted by atomic mass is 16.5. The van der Waals surface area contributed by atoms with Crippen molar-refractivity contribution >= 4 is 6.03 Å². The van der Waals surface area contributed by atoms with Crippen LogP contribution >= 0.6 is 0 Å². The van der Waals surface area contributed by atoms with Gasteiger partial charge in [-0.25, -0.2) is 4.79 Å². The van der Waals surface area contributed by atoms with Gasteiger partial charge >= 0.3 is 6.03 Å². The molecule has 25 heavy (non-hydrogen) atoms. The van der Waals surface area contributed by atoms with Crippen LogP contribution < -0.4 is 24.8 Å². The average Bonchev–Trinajstić information content (AvgIpc) is 2.63. The number of hydrogen-bond donors (Lipinski definition) is 2. The molecule has 6 nitrogen and oxygen atoms in total. The number of nitrogens with one attached hydrogen (secondary N) is 2. The normalized spacial score (nSPS) is 10.0. The number of ether oxygens (including phenoxy) is 3. The molecule has 2 N–H and O–H groups in total.